The maximum atomic E-state index is 5.61. The van der Waals surface area contributed by atoms with Gasteiger partial charge in [0.15, 0.2) is 0 Å². The number of nitrogen functional groups attached to an aromatic ring is 1. The minimum Gasteiger partial charge on any atom is -0.308 e. The second-order valence-corrected chi connectivity index (χ2v) is 6.22. The van der Waals surface area contributed by atoms with Gasteiger partial charge < -0.3 is 10.3 Å². The van der Waals surface area contributed by atoms with Gasteiger partial charge in [0.05, 0.1) is 0 Å². The first-order valence-corrected chi connectivity index (χ1v) is 7.70. The number of aryl methyl sites for hydroxylation is 1. The van der Waals surface area contributed by atoms with E-state index in [0.717, 1.165) is 29.3 Å². The summed E-state index contributed by atoms with van der Waals surface area (Å²) in [6.45, 7) is 4.17. The van der Waals surface area contributed by atoms with Gasteiger partial charge in [-0.1, -0.05) is 6.92 Å². The molecule has 0 saturated carbocycles. The number of nitrogens with zero attached hydrogens (tertiary/aromatic N) is 3. The SMILES string of the molecule is CCc1nc(C2CC3CCC(C2)N3C)nc(NN)c1C. The number of piperidine rings is 1. The predicted octanol–water partition coefficient (Wildman–Crippen LogP) is 1.97. The second kappa shape index (κ2) is 5.30. The molecule has 110 valence electrons. The molecule has 2 atom stereocenters. The number of fused-ring (bicyclic) bond motifs is 2. The summed E-state index contributed by atoms with van der Waals surface area (Å²) >= 11 is 0. The predicted molar refractivity (Wildman–Crippen MR) is 80.5 cm³/mol. The first kappa shape index (κ1) is 13.8. The summed E-state index contributed by atoms with van der Waals surface area (Å²) in [5.41, 5.74) is 4.93. The second-order valence-electron chi connectivity index (χ2n) is 6.22. The molecule has 2 bridgehead atoms. The molecule has 20 heavy (non-hydrogen) atoms. The molecule has 1 aromatic rings. The van der Waals surface area contributed by atoms with Crippen LogP contribution < -0.4 is 11.3 Å². The van der Waals surface area contributed by atoms with Crippen LogP contribution in [0.5, 0.6) is 0 Å². The highest BCUT2D eigenvalue weighted by molar-refractivity contribution is 5.45. The van der Waals surface area contributed by atoms with E-state index in [2.05, 4.69) is 29.3 Å². The number of nitrogens with one attached hydrogen (secondary N) is 1. The molecule has 2 fully saturated rings. The minimum atomic E-state index is 0.488. The van der Waals surface area contributed by atoms with Gasteiger partial charge in [0.1, 0.15) is 11.6 Å². The number of hydrazine groups is 1. The topological polar surface area (TPSA) is 67.1 Å². The van der Waals surface area contributed by atoms with Gasteiger partial charge in [-0.25, -0.2) is 15.8 Å². The van der Waals surface area contributed by atoms with Gasteiger partial charge >= 0.3 is 0 Å². The van der Waals surface area contributed by atoms with Crippen molar-refractivity contribution < 1.29 is 0 Å². The fourth-order valence-electron chi connectivity index (χ4n) is 3.87. The number of hydrogen-bond acceptors (Lipinski definition) is 5. The minimum absolute atomic E-state index is 0.488. The summed E-state index contributed by atoms with van der Waals surface area (Å²) in [5, 5.41) is 0. The van der Waals surface area contributed by atoms with Crippen LogP contribution in [-0.2, 0) is 6.42 Å². The molecule has 1 aromatic heterocycles. The fourth-order valence-corrected chi connectivity index (χ4v) is 3.87. The molecule has 2 unspecified atom stereocenters. The van der Waals surface area contributed by atoms with Gasteiger partial charge in [0.2, 0.25) is 0 Å². The van der Waals surface area contributed by atoms with E-state index in [1.165, 1.54) is 25.7 Å². The summed E-state index contributed by atoms with van der Waals surface area (Å²) in [6.07, 6.45) is 5.94. The van der Waals surface area contributed by atoms with Crippen LogP contribution in [-0.4, -0.2) is 34.0 Å². The molecule has 5 nitrogen and oxygen atoms in total. The van der Waals surface area contributed by atoms with Crippen molar-refractivity contribution in [1.82, 2.24) is 14.9 Å². The van der Waals surface area contributed by atoms with Crippen molar-refractivity contribution in [2.24, 2.45) is 5.84 Å². The van der Waals surface area contributed by atoms with E-state index in [1.807, 2.05) is 6.92 Å². The molecule has 0 spiro atoms. The van der Waals surface area contributed by atoms with Crippen molar-refractivity contribution in [2.75, 3.05) is 12.5 Å². The molecule has 0 aromatic carbocycles. The van der Waals surface area contributed by atoms with E-state index < -0.39 is 0 Å². The van der Waals surface area contributed by atoms with Gasteiger partial charge in [-0.3, -0.25) is 0 Å². The Balaban J connectivity index is 1.91. The lowest BCUT2D eigenvalue weighted by atomic mass is 9.90. The van der Waals surface area contributed by atoms with Gasteiger partial charge in [-0.15, -0.1) is 0 Å². The van der Waals surface area contributed by atoms with Crippen molar-refractivity contribution in [3.05, 3.63) is 17.1 Å². The van der Waals surface area contributed by atoms with E-state index in [9.17, 15) is 0 Å². The summed E-state index contributed by atoms with van der Waals surface area (Å²) in [4.78, 5) is 12.0. The molecule has 0 amide bonds. The van der Waals surface area contributed by atoms with Crippen molar-refractivity contribution in [3.63, 3.8) is 0 Å². The quantitative estimate of drug-likeness (QED) is 0.652. The fraction of sp³-hybridized carbons (Fsp3) is 0.733. The third kappa shape index (κ3) is 2.19. The summed E-state index contributed by atoms with van der Waals surface area (Å²) in [7, 11) is 2.26. The van der Waals surface area contributed by atoms with Crippen LogP contribution in [0.3, 0.4) is 0 Å². The molecular weight excluding hydrogens is 250 g/mol. The highest BCUT2D eigenvalue weighted by Gasteiger charge is 2.40. The Morgan fingerprint density at radius 2 is 1.90 bits per heavy atom. The molecule has 3 rings (SSSR count). The van der Waals surface area contributed by atoms with E-state index in [4.69, 9.17) is 10.8 Å². The Bertz CT molecular complexity index is 462. The average molecular weight is 275 g/mol. The van der Waals surface area contributed by atoms with Crippen LogP contribution in [0.25, 0.3) is 0 Å². The van der Waals surface area contributed by atoms with E-state index in [0.29, 0.717) is 18.0 Å². The van der Waals surface area contributed by atoms with Crippen molar-refractivity contribution in [3.8, 4) is 0 Å². The van der Waals surface area contributed by atoms with Crippen molar-refractivity contribution in [1.29, 1.82) is 0 Å². The molecule has 0 aliphatic carbocycles. The van der Waals surface area contributed by atoms with Crippen molar-refractivity contribution in [2.45, 2.75) is 64.0 Å². The number of hydrogen-bond donors (Lipinski definition) is 2. The Hall–Kier alpha value is -1.20. The van der Waals surface area contributed by atoms with Crippen LogP contribution in [0, 0.1) is 6.92 Å². The Morgan fingerprint density at radius 3 is 2.45 bits per heavy atom. The van der Waals surface area contributed by atoms with Crippen LogP contribution in [0.2, 0.25) is 0 Å². The van der Waals surface area contributed by atoms with Gasteiger partial charge in [0.25, 0.3) is 0 Å². The molecule has 2 aliphatic rings. The number of anilines is 1. The van der Waals surface area contributed by atoms with Gasteiger partial charge in [-0.05, 0) is 46.1 Å². The summed E-state index contributed by atoms with van der Waals surface area (Å²) < 4.78 is 0. The molecule has 0 radical (unpaired) electrons. The van der Waals surface area contributed by atoms with Gasteiger partial charge in [-0.2, -0.15) is 0 Å². The monoisotopic (exact) mass is 275 g/mol. The zero-order valence-electron chi connectivity index (χ0n) is 12.7. The Kier molecular flexibility index (Phi) is 3.65. The number of aromatic nitrogens is 2. The van der Waals surface area contributed by atoms with E-state index in [1.54, 1.807) is 0 Å². The molecular formula is C15H25N5. The molecule has 2 aliphatic heterocycles. The van der Waals surface area contributed by atoms with Gasteiger partial charge in [0, 0.05) is 29.3 Å². The number of nitrogens with two attached hydrogens (primary N) is 1. The third-order valence-corrected chi connectivity index (χ3v) is 5.20. The van der Waals surface area contributed by atoms with Crippen LogP contribution in [0.1, 0.15) is 55.6 Å². The molecule has 2 saturated heterocycles. The first-order chi connectivity index (χ1) is 9.63. The highest BCUT2D eigenvalue weighted by atomic mass is 15.3. The maximum absolute atomic E-state index is 5.61. The lowest BCUT2D eigenvalue weighted by Gasteiger charge is -2.35. The molecule has 3 heterocycles. The van der Waals surface area contributed by atoms with E-state index >= 15 is 0 Å². The molecule has 3 N–H and O–H groups in total. The standard InChI is InChI=1S/C15H25N5/c1-4-13-9(2)14(19-16)18-15(17-13)10-7-11-5-6-12(8-10)20(11)3/h10-12H,4-8,16H2,1-3H3,(H,17,18,19). The average Bonchev–Trinajstić information content (AvgIpc) is 2.68. The van der Waals surface area contributed by atoms with Crippen LogP contribution in [0.15, 0.2) is 0 Å². The third-order valence-electron chi connectivity index (χ3n) is 5.20. The zero-order chi connectivity index (χ0) is 14.3. The summed E-state index contributed by atoms with van der Waals surface area (Å²) in [5.74, 6) is 7.88. The smallest absolute Gasteiger partial charge is 0.146 e. The first-order valence-electron chi connectivity index (χ1n) is 7.70. The lowest BCUT2D eigenvalue weighted by Crippen LogP contribution is -2.39. The largest absolute Gasteiger partial charge is 0.308 e. The van der Waals surface area contributed by atoms with E-state index in [-0.39, 0.29) is 0 Å². The summed E-state index contributed by atoms with van der Waals surface area (Å²) in [6, 6.07) is 1.42. The molecule has 5 heteroatoms. The zero-order valence-corrected chi connectivity index (χ0v) is 12.7. The normalized spacial score (nSPS) is 29.7. The Morgan fingerprint density at radius 1 is 1.25 bits per heavy atom. The van der Waals surface area contributed by atoms with Crippen LogP contribution >= 0.6 is 0 Å². The Labute approximate surface area is 120 Å². The highest BCUT2D eigenvalue weighted by Crippen LogP contribution is 2.41. The van der Waals surface area contributed by atoms with Crippen LogP contribution in [0.4, 0.5) is 5.82 Å². The maximum Gasteiger partial charge on any atom is 0.146 e. The lowest BCUT2D eigenvalue weighted by molar-refractivity contribution is 0.159. The number of rotatable bonds is 3. The van der Waals surface area contributed by atoms with Crippen molar-refractivity contribution >= 4 is 5.82 Å².